The molecule has 8 nitrogen and oxygen atoms in total. The number of pyridine rings is 1. The van der Waals surface area contributed by atoms with Crippen LogP contribution in [0.1, 0.15) is 48.0 Å². The highest BCUT2D eigenvalue weighted by atomic mass is 19.1. The number of hydrogen-bond acceptors (Lipinski definition) is 6. The van der Waals surface area contributed by atoms with E-state index < -0.39 is 6.04 Å². The van der Waals surface area contributed by atoms with E-state index in [1.165, 1.54) is 18.3 Å². The molecular weight excluding hydrogens is 461 g/mol. The van der Waals surface area contributed by atoms with Crippen LogP contribution in [-0.2, 0) is 16.1 Å². The van der Waals surface area contributed by atoms with E-state index in [2.05, 4.69) is 15.2 Å². The van der Waals surface area contributed by atoms with Gasteiger partial charge in [0.15, 0.2) is 0 Å². The molecule has 2 amide bonds. The maximum atomic E-state index is 13.5. The van der Waals surface area contributed by atoms with E-state index in [1.54, 1.807) is 42.5 Å². The van der Waals surface area contributed by atoms with E-state index in [0.717, 1.165) is 31.2 Å². The van der Waals surface area contributed by atoms with E-state index in [4.69, 9.17) is 10.5 Å². The lowest BCUT2D eigenvalue weighted by molar-refractivity contribution is -0.125. The first-order chi connectivity index (χ1) is 17.4. The molecule has 2 unspecified atom stereocenters. The topological polar surface area (TPSA) is 101 Å². The number of rotatable bonds is 9. The Balaban J connectivity index is 1.53. The fourth-order valence-corrected chi connectivity index (χ4v) is 5.19. The SMILES string of the molecule is COCCN(Cc1ccc(F)cc1)C1CC(C(=O)NC2CCC(N)CC2)N(C(=O)c2cccnc2)C1. The number of carbonyl (C=O) groups is 2. The summed E-state index contributed by atoms with van der Waals surface area (Å²) in [6.07, 6.45) is 7.15. The van der Waals surface area contributed by atoms with Gasteiger partial charge in [-0.05, 0) is 61.9 Å². The van der Waals surface area contributed by atoms with Crippen molar-refractivity contribution in [3.63, 3.8) is 0 Å². The Hall–Kier alpha value is -2.88. The highest BCUT2D eigenvalue weighted by Crippen LogP contribution is 2.27. The van der Waals surface area contributed by atoms with Crippen LogP contribution in [0, 0.1) is 5.82 Å². The number of aromatic nitrogens is 1. The number of benzene rings is 1. The Labute approximate surface area is 212 Å². The molecule has 2 heterocycles. The Bertz CT molecular complexity index is 998. The van der Waals surface area contributed by atoms with Crippen molar-refractivity contribution in [2.45, 2.75) is 62.8 Å². The first-order valence-electron chi connectivity index (χ1n) is 12.7. The minimum absolute atomic E-state index is 0.0543. The summed E-state index contributed by atoms with van der Waals surface area (Å²) in [5.74, 6) is -0.606. The van der Waals surface area contributed by atoms with Crippen molar-refractivity contribution >= 4 is 11.8 Å². The number of methoxy groups -OCH3 is 1. The van der Waals surface area contributed by atoms with Gasteiger partial charge in [-0.3, -0.25) is 19.5 Å². The van der Waals surface area contributed by atoms with Crippen molar-refractivity contribution < 1.29 is 18.7 Å². The molecule has 9 heteroatoms. The van der Waals surface area contributed by atoms with E-state index in [-0.39, 0.29) is 35.8 Å². The molecule has 0 spiro atoms. The van der Waals surface area contributed by atoms with Gasteiger partial charge in [0, 0.05) is 57.3 Å². The third kappa shape index (κ3) is 6.66. The standard InChI is InChI=1S/C27H36FN5O3/c1-36-14-13-32(17-19-4-6-21(28)7-5-19)24-15-25(26(34)31-23-10-8-22(29)9-11-23)33(18-24)27(35)20-3-2-12-30-16-20/h2-7,12,16,22-25H,8-11,13-15,17-18,29H2,1H3,(H,31,34). The van der Waals surface area contributed by atoms with Crippen LogP contribution in [0.2, 0.25) is 0 Å². The van der Waals surface area contributed by atoms with Gasteiger partial charge in [-0.2, -0.15) is 0 Å². The van der Waals surface area contributed by atoms with Gasteiger partial charge in [0.1, 0.15) is 11.9 Å². The molecule has 36 heavy (non-hydrogen) atoms. The van der Waals surface area contributed by atoms with E-state index in [9.17, 15) is 14.0 Å². The van der Waals surface area contributed by atoms with Crippen LogP contribution in [-0.4, -0.2) is 77.6 Å². The second-order valence-electron chi connectivity index (χ2n) is 9.81. The van der Waals surface area contributed by atoms with Crippen LogP contribution in [0.25, 0.3) is 0 Å². The third-order valence-electron chi connectivity index (χ3n) is 7.27. The summed E-state index contributed by atoms with van der Waals surface area (Å²) in [5.41, 5.74) is 7.45. The second-order valence-corrected chi connectivity index (χ2v) is 9.81. The van der Waals surface area contributed by atoms with Gasteiger partial charge in [-0.15, -0.1) is 0 Å². The Morgan fingerprint density at radius 1 is 1.19 bits per heavy atom. The van der Waals surface area contributed by atoms with Gasteiger partial charge in [0.25, 0.3) is 5.91 Å². The molecular formula is C27H36FN5O3. The van der Waals surface area contributed by atoms with E-state index in [0.29, 0.717) is 38.2 Å². The van der Waals surface area contributed by atoms with Crippen molar-refractivity contribution in [2.24, 2.45) is 5.73 Å². The minimum atomic E-state index is -0.587. The lowest BCUT2D eigenvalue weighted by Crippen LogP contribution is -2.50. The van der Waals surface area contributed by atoms with E-state index >= 15 is 0 Å². The molecule has 2 atom stereocenters. The summed E-state index contributed by atoms with van der Waals surface area (Å²) < 4.78 is 18.8. The molecule has 3 N–H and O–H groups in total. The van der Waals surface area contributed by atoms with Crippen molar-refractivity contribution in [2.75, 3.05) is 26.8 Å². The first-order valence-corrected chi connectivity index (χ1v) is 12.7. The average Bonchev–Trinajstić information content (AvgIpc) is 3.35. The summed E-state index contributed by atoms with van der Waals surface area (Å²) in [4.78, 5) is 34.9. The van der Waals surface area contributed by atoms with Crippen LogP contribution < -0.4 is 11.1 Å². The molecule has 194 valence electrons. The highest BCUT2D eigenvalue weighted by molar-refractivity contribution is 5.97. The van der Waals surface area contributed by atoms with Crippen molar-refractivity contribution in [1.82, 2.24) is 20.1 Å². The molecule has 2 fully saturated rings. The molecule has 1 aliphatic heterocycles. The number of carbonyl (C=O) groups excluding carboxylic acids is 2. The second kappa shape index (κ2) is 12.4. The van der Waals surface area contributed by atoms with Gasteiger partial charge >= 0.3 is 0 Å². The zero-order valence-corrected chi connectivity index (χ0v) is 20.8. The predicted octanol–water partition coefficient (Wildman–Crippen LogP) is 2.34. The van der Waals surface area contributed by atoms with Crippen LogP contribution >= 0.6 is 0 Å². The lowest BCUT2D eigenvalue weighted by atomic mass is 9.91. The average molecular weight is 498 g/mol. The van der Waals surface area contributed by atoms with Crippen molar-refractivity contribution in [1.29, 1.82) is 0 Å². The number of nitrogens with one attached hydrogen (secondary N) is 1. The maximum Gasteiger partial charge on any atom is 0.256 e. The normalized spacial score (nSPS) is 24.2. The van der Waals surface area contributed by atoms with Crippen LogP contribution in [0.15, 0.2) is 48.8 Å². The lowest BCUT2D eigenvalue weighted by Gasteiger charge is -2.30. The molecule has 0 radical (unpaired) electrons. The van der Waals surface area contributed by atoms with Crippen LogP contribution in [0.4, 0.5) is 4.39 Å². The Morgan fingerprint density at radius 3 is 2.61 bits per heavy atom. The number of nitrogens with zero attached hydrogens (tertiary/aromatic N) is 3. The van der Waals surface area contributed by atoms with Gasteiger partial charge < -0.3 is 20.7 Å². The minimum Gasteiger partial charge on any atom is -0.383 e. The molecule has 1 aromatic carbocycles. The third-order valence-corrected chi connectivity index (χ3v) is 7.27. The summed E-state index contributed by atoms with van der Waals surface area (Å²) >= 11 is 0. The number of likely N-dealkylation sites (tertiary alicyclic amines) is 1. The monoisotopic (exact) mass is 497 g/mol. The summed E-state index contributed by atoms with van der Waals surface area (Å²) in [6.45, 7) is 2.11. The molecule has 4 rings (SSSR count). The number of halogens is 1. The number of ether oxygens (including phenoxy) is 1. The number of hydrogen-bond donors (Lipinski definition) is 2. The molecule has 2 aliphatic rings. The quantitative estimate of drug-likeness (QED) is 0.552. The van der Waals surface area contributed by atoms with Gasteiger partial charge in [0.2, 0.25) is 5.91 Å². The van der Waals surface area contributed by atoms with Crippen LogP contribution in [0.3, 0.4) is 0 Å². The number of amides is 2. The van der Waals surface area contributed by atoms with Gasteiger partial charge in [-0.1, -0.05) is 12.1 Å². The molecule has 0 bridgehead atoms. The summed E-state index contributed by atoms with van der Waals surface area (Å²) in [5, 5.41) is 3.19. The molecule has 2 aromatic rings. The van der Waals surface area contributed by atoms with Crippen molar-refractivity contribution in [3.05, 3.63) is 65.7 Å². The van der Waals surface area contributed by atoms with Crippen LogP contribution in [0.5, 0.6) is 0 Å². The number of nitrogens with two attached hydrogens (primary N) is 1. The van der Waals surface area contributed by atoms with Crippen molar-refractivity contribution in [3.8, 4) is 0 Å². The summed E-state index contributed by atoms with van der Waals surface area (Å²) in [6, 6.07) is 9.50. The smallest absolute Gasteiger partial charge is 0.256 e. The summed E-state index contributed by atoms with van der Waals surface area (Å²) in [7, 11) is 1.65. The first kappa shape index (κ1) is 26.2. The maximum absolute atomic E-state index is 13.5. The zero-order valence-electron chi connectivity index (χ0n) is 20.8. The Morgan fingerprint density at radius 2 is 1.94 bits per heavy atom. The molecule has 1 saturated heterocycles. The predicted molar refractivity (Wildman–Crippen MR) is 135 cm³/mol. The zero-order chi connectivity index (χ0) is 25.5. The molecule has 1 aliphatic carbocycles. The van der Waals surface area contributed by atoms with Gasteiger partial charge in [-0.25, -0.2) is 4.39 Å². The highest BCUT2D eigenvalue weighted by Gasteiger charge is 2.42. The van der Waals surface area contributed by atoms with Gasteiger partial charge in [0.05, 0.1) is 12.2 Å². The molecule has 1 aromatic heterocycles. The fourth-order valence-electron chi connectivity index (χ4n) is 5.19. The Kier molecular flexibility index (Phi) is 9.01. The molecule has 1 saturated carbocycles. The largest absolute Gasteiger partial charge is 0.383 e. The fraction of sp³-hybridized carbons (Fsp3) is 0.519. The van der Waals surface area contributed by atoms with E-state index in [1.807, 2.05) is 0 Å².